The molecule has 1 aromatic rings. The number of allylic oxidation sites excluding steroid dienone is 1. The average molecular weight is 519 g/mol. The van der Waals surface area contributed by atoms with Crippen molar-refractivity contribution in [1.29, 1.82) is 0 Å². The third kappa shape index (κ3) is 3.65. The Bertz CT molecular complexity index is 1100. The van der Waals surface area contributed by atoms with E-state index in [2.05, 4.69) is 33.8 Å². The van der Waals surface area contributed by atoms with Gasteiger partial charge in [0.05, 0.1) is 18.3 Å². The van der Waals surface area contributed by atoms with Crippen LogP contribution in [0.3, 0.4) is 0 Å². The van der Waals surface area contributed by atoms with Crippen molar-refractivity contribution >= 4 is 5.97 Å². The van der Waals surface area contributed by atoms with Crippen LogP contribution in [0, 0.1) is 46.3 Å². The van der Waals surface area contributed by atoms with E-state index < -0.39 is 0 Å². The Morgan fingerprint density at radius 2 is 1.82 bits per heavy atom. The SMILES string of the molecule is C[C@@H]1CC[C@@]2(OC1)O[C@H]1C[C@H]3[C@@H]4CC=C5C[C@H](OC(=O)c6ccccc6)CC[C@]5(C)[C@H]4CC[C@]3(C)[C@H]1[C@@H]2C. The first kappa shape index (κ1) is 25.3. The van der Waals surface area contributed by atoms with E-state index in [4.69, 9.17) is 14.2 Å². The molecule has 3 saturated carbocycles. The quantitative estimate of drug-likeness (QED) is 0.299. The molecular formula is C34H46O4. The summed E-state index contributed by atoms with van der Waals surface area (Å²) < 4.78 is 19.5. The maximum atomic E-state index is 12.7. The Balaban J connectivity index is 1.08. The minimum atomic E-state index is -0.326. The van der Waals surface area contributed by atoms with Crippen LogP contribution in [0.2, 0.25) is 0 Å². The number of fused-ring (bicyclic) bond motifs is 7. The summed E-state index contributed by atoms with van der Waals surface area (Å²) in [5.41, 5.74) is 2.81. The molecular weight excluding hydrogens is 472 g/mol. The van der Waals surface area contributed by atoms with E-state index in [1.807, 2.05) is 30.3 Å². The summed E-state index contributed by atoms with van der Waals surface area (Å²) >= 11 is 0. The van der Waals surface area contributed by atoms with E-state index in [1.54, 1.807) is 5.57 Å². The monoisotopic (exact) mass is 518 g/mol. The molecule has 2 saturated heterocycles. The predicted octanol–water partition coefficient (Wildman–Crippen LogP) is 7.58. The second-order valence-corrected chi connectivity index (χ2v) is 14.4. The van der Waals surface area contributed by atoms with Crippen molar-refractivity contribution in [1.82, 2.24) is 0 Å². The number of rotatable bonds is 2. The molecule has 0 bridgehead atoms. The van der Waals surface area contributed by atoms with E-state index in [-0.39, 0.29) is 23.3 Å². The van der Waals surface area contributed by atoms with Gasteiger partial charge in [-0.3, -0.25) is 0 Å². The van der Waals surface area contributed by atoms with Crippen LogP contribution in [-0.2, 0) is 14.2 Å². The van der Waals surface area contributed by atoms with Crippen LogP contribution in [-0.4, -0.2) is 30.6 Å². The summed E-state index contributed by atoms with van der Waals surface area (Å²) in [6.45, 7) is 10.7. The van der Waals surface area contributed by atoms with Crippen molar-refractivity contribution in [2.24, 2.45) is 46.3 Å². The van der Waals surface area contributed by atoms with Gasteiger partial charge in [-0.05, 0) is 97.5 Å². The van der Waals surface area contributed by atoms with E-state index in [0.29, 0.717) is 34.8 Å². The molecule has 5 fully saturated rings. The summed E-state index contributed by atoms with van der Waals surface area (Å²) in [6.07, 6.45) is 13.3. The van der Waals surface area contributed by atoms with Crippen molar-refractivity contribution in [3.8, 4) is 0 Å². The first-order valence-corrected chi connectivity index (χ1v) is 15.5. The Labute approximate surface area is 228 Å². The lowest BCUT2D eigenvalue weighted by molar-refractivity contribution is -0.272. The van der Waals surface area contributed by atoms with E-state index >= 15 is 0 Å². The molecule has 2 heterocycles. The van der Waals surface area contributed by atoms with Crippen molar-refractivity contribution < 1.29 is 19.0 Å². The molecule has 38 heavy (non-hydrogen) atoms. The lowest BCUT2D eigenvalue weighted by Crippen LogP contribution is -2.52. The maximum Gasteiger partial charge on any atom is 0.338 e. The van der Waals surface area contributed by atoms with Crippen LogP contribution in [0.15, 0.2) is 42.0 Å². The van der Waals surface area contributed by atoms with Gasteiger partial charge in [0.1, 0.15) is 6.10 Å². The largest absolute Gasteiger partial charge is 0.458 e. The van der Waals surface area contributed by atoms with Gasteiger partial charge in [-0.2, -0.15) is 0 Å². The van der Waals surface area contributed by atoms with Gasteiger partial charge >= 0.3 is 5.97 Å². The van der Waals surface area contributed by atoms with Crippen LogP contribution >= 0.6 is 0 Å². The van der Waals surface area contributed by atoms with Gasteiger partial charge in [-0.15, -0.1) is 0 Å². The number of benzene rings is 1. The Morgan fingerprint density at radius 3 is 2.58 bits per heavy atom. The fraction of sp³-hybridized carbons (Fsp3) is 0.735. The highest BCUT2D eigenvalue weighted by Crippen LogP contribution is 2.70. The second-order valence-electron chi connectivity index (χ2n) is 14.4. The number of hydrogen-bond donors (Lipinski definition) is 0. The molecule has 1 aromatic carbocycles. The minimum absolute atomic E-state index is 0.00178. The summed E-state index contributed by atoms with van der Waals surface area (Å²) in [5.74, 6) is 3.46. The van der Waals surface area contributed by atoms with E-state index in [1.165, 1.54) is 32.1 Å². The number of esters is 1. The number of carbonyl (C=O) groups is 1. The number of carbonyl (C=O) groups excluding carboxylic acids is 1. The topological polar surface area (TPSA) is 44.8 Å². The van der Waals surface area contributed by atoms with Crippen molar-refractivity contribution in [2.45, 2.75) is 103 Å². The molecule has 0 radical (unpaired) electrons. The Hall–Kier alpha value is -1.65. The summed E-state index contributed by atoms with van der Waals surface area (Å²) in [4.78, 5) is 12.7. The third-order valence-corrected chi connectivity index (χ3v) is 12.6. The zero-order valence-corrected chi connectivity index (χ0v) is 23.8. The second kappa shape index (κ2) is 8.93. The molecule has 0 amide bonds. The van der Waals surface area contributed by atoms with Gasteiger partial charge in [-0.25, -0.2) is 4.79 Å². The molecule has 11 atom stereocenters. The normalized spacial score (nSPS) is 49.4. The molecule has 0 aromatic heterocycles. The molecule has 7 rings (SSSR count). The zero-order chi connectivity index (χ0) is 26.3. The van der Waals surface area contributed by atoms with Crippen LogP contribution in [0.4, 0.5) is 0 Å². The van der Waals surface area contributed by atoms with Crippen LogP contribution in [0.25, 0.3) is 0 Å². The molecule has 1 spiro atoms. The molecule has 0 unspecified atom stereocenters. The maximum absolute atomic E-state index is 12.7. The highest BCUT2D eigenvalue weighted by atomic mass is 16.7. The Morgan fingerprint density at radius 1 is 1.00 bits per heavy atom. The smallest absolute Gasteiger partial charge is 0.338 e. The van der Waals surface area contributed by atoms with Crippen LogP contribution in [0.1, 0.15) is 95.8 Å². The van der Waals surface area contributed by atoms with Gasteiger partial charge < -0.3 is 14.2 Å². The third-order valence-electron chi connectivity index (χ3n) is 12.6. The van der Waals surface area contributed by atoms with Gasteiger partial charge in [0.2, 0.25) is 0 Å². The molecule has 0 N–H and O–H groups in total. The fourth-order valence-corrected chi connectivity index (χ4v) is 10.5. The predicted molar refractivity (Wildman–Crippen MR) is 147 cm³/mol. The summed E-state index contributed by atoms with van der Waals surface area (Å²) in [7, 11) is 0. The molecule has 206 valence electrons. The molecule has 6 aliphatic rings. The van der Waals surface area contributed by atoms with E-state index in [0.717, 1.165) is 50.0 Å². The lowest BCUT2D eigenvalue weighted by atomic mass is 9.47. The van der Waals surface area contributed by atoms with E-state index in [9.17, 15) is 4.79 Å². The average Bonchev–Trinajstić information content (AvgIpc) is 3.36. The fourth-order valence-electron chi connectivity index (χ4n) is 10.5. The van der Waals surface area contributed by atoms with Gasteiger partial charge in [0.25, 0.3) is 0 Å². The van der Waals surface area contributed by atoms with Gasteiger partial charge in [0, 0.05) is 18.8 Å². The molecule has 4 aliphatic carbocycles. The van der Waals surface area contributed by atoms with Gasteiger partial charge in [-0.1, -0.05) is 57.5 Å². The van der Waals surface area contributed by atoms with Gasteiger partial charge in [0.15, 0.2) is 5.79 Å². The highest BCUT2D eigenvalue weighted by Gasteiger charge is 2.68. The summed E-state index contributed by atoms with van der Waals surface area (Å²) in [6, 6.07) is 9.45. The minimum Gasteiger partial charge on any atom is -0.458 e. The summed E-state index contributed by atoms with van der Waals surface area (Å²) in [5, 5.41) is 0. The van der Waals surface area contributed by atoms with Crippen molar-refractivity contribution in [3.05, 3.63) is 47.5 Å². The van der Waals surface area contributed by atoms with Crippen molar-refractivity contribution in [3.63, 3.8) is 0 Å². The Kier molecular flexibility index (Phi) is 5.95. The molecule has 4 heteroatoms. The standard InChI is InChI=1S/C34H46O4/c1-21-12-17-34(36-20-21)22(2)30-29(38-34)19-28-26-11-10-24-18-25(37-31(35)23-8-6-5-7-9-23)13-15-32(24,3)27(26)14-16-33(28,30)4/h5-10,21-22,25-30H,11-20H2,1-4H3/t21-,22+,25-,26-,27+,28+,29+,30+,32+,33+,34-/m1/s1. The first-order chi connectivity index (χ1) is 18.2. The zero-order valence-electron chi connectivity index (χ0n) is 23.8. The molecule has 4 nitrogen and oxygen atoms in total. The van der Waals surface area contributed by atoms with Crippen LogP contribution in [0.5, 0.6) is 0 Å². The van der Waals surface area contributed by atoms with Crippen molar-refractivity contribution in [2.75, 3.05) is 6.61 Å². The first-order valence-electron chi connectivity index (χ1n) is 15.5. The molecule has 2 aliphatic heterocycles. The highest BCUT2D eigenvalue weighted by molar-refractivity contribution is 5.89. The lowest BCUT2D eigenvalue weighted by Gasteiger charge is -2.58. The number of hydrogen-bond acceptors (Lipinski definition) is 4. The van der Waals surface area contributed by atoms with Crippen LogP contribution < -0.4 is 0 Å². The number of ether oxygens (including phenoxy) is 3.